The summed E-state index contributed by atoms with van der Waals surface area (Å²) in [6, 6.07) is 4.34. The van der Waals surface area contributed by atoms with E-state index in [2.05, 4.69) is 35.9 Å². The standard InChI is InChI=1S/C18H22N2/c1-12-2-3-17-19-16(11-20(17)10-12)18-7-13-4-14(8-18)6-15(5-13)9-18/h2-3,10-11,13-15H,4-9H2,1H3. The first-order valence-corrected chi connectivity index (χ1v) is 8.16. The van der Waals surface area contributed by atoms with E-state index in [0.29, 0.717) is 5.41 Å². The van der Waals surface area contributed by atoms with Gasteiger partial charge in [0.15, 0.2) is 0 Å². The summed E-state index contributed by atoms with van der Waals surface area (Å²) in [6.45, 7) is 2.16. The van der Waals surface area contributed by atoms with Crippen LogP contribution in [-0.4, -0.2) is 9.38 Å². The minimum atomic E-state index is 0.425. The lowest BCUT2D eigenvalue weighted by molar-refractivity contribution is -0.00697. The number of rotatable bonds is 1. The van der Waals surface area contributed by atoms with Crippen molar-refractivity contribution in [2.24, 2.45) is 17.8 Å². The fraction of sp³-hybridized carbons (Fsp3) is 0.611. The van der Waals surface area contributed by atoms with E-state index >= 15 is 0 Å². The molecule has 0 aromatic carbocycles. The second-order valence-corrected chi connectivity index (χ2v) is 7.80. The van der Waals surface area contributed by atoms with Crippen molar-refractivity contribution in [3.8, 4) is 0 Å². The zero-order valence-electron chi connectivity index (χ0n) is 12.2. The number of hydrogen-bond donors (Lipinski definition) is 0. The molecule has 104 valence electrons. The Morgan fingerprint density at radius 1 is 1.00 bits per heavy atom. The molecule has 4 aliphatic carbocycles. The molecule has 0 saturated heterocycles. The third-order valence-corrected chi connectivity index (χ3v) is 6.18. The predicted octanol–water partition coefficient (Wildman–Crippen LogP) is 4.11. The maximum Gasteiger partial charge on any atom is 0.137 e. The second kappa shape index (κ2) is 3.66. The summed E-state index contributed by atoms with van der Waals surface area (Å²) in [5.74, 6) is 2.98. The first kappa shape index (κ1) is 11.4. The molecule has 4 bridgehead atoms. The molecular weight excluding hydrogens is 244 g/mol. The highest BCUT2D eigenvalue weighted by Gasteiger charge is 2.52. The van der Waals surface area contributed by atoms with Crippen molar-refractivity contribution in [2.75, 3.05) is 0 Å². The van der Waals surface area contributed by atoms with Gasteiger partial charge < -0.3 is 4.40 Å². The van der Waals surface area contributed by atoms with Crippen molar-refractivity contribution in [3.05, 3.63) is 35.8 Å². The summed E-state index contributed by atoms with van der Waals surface area (Å²) >= 11 is 0. The molecule has 0 amide bonds. The molecule has 4 saturated carbocycles. The van der Waals surface area contributed by atoms with E-state index in [9.17, 15) is 0 Å². The van der Waals surface area contributed by atoms with Crippen LogP contribution >= 0.6 is 0 Å². The van der Waals surface area contributed by atoms with Crippen LogP contribution in [0.2, 0.25) is 0 Å². The lowest BCUT2D eigenvalue weighted by Crippen LogP contribution is -2.48. The van der Waals surface area contributed by atoms with Crippen LogP contribution in [0.15, 0.2) is 24.5 Å². The van der Waals surface area contributed by atoms with Gasteiger partial charge in [-0.3, -0.25) is 0 Å². The number of imidazole rings is 1. The van der Waals surface area contributed by atoms with Crippen LogP contribution < -0.4 is 0 Å². The summed E-state index contributed by atoms with van der Waals surface area (Å²) in [6.07, 6.45) is 13.3. The van der Waals surface area contributed by atoms with Crippen molar-refractivity contribution in [2.45, 2.75) is 50.9 Å². The fourth-order valence-electron chi connectivity index (χ4n) is 5.78. The van der Waals surface area contributed by atoms with Gasteiger partial charge in [-0.25, -0.2) is 4.98 Å². The Bertz CT molecular complexity index is 646. The Morgan fingerprint density at radius 3 is 2.30 bits per heavy atom. The van der Waals surface area contributed by atoms with E-state index in [-0.39, 0.29) is 0 Å². The smallest absolute Gasteiger partial charge is 0.137 e. The molecule has 2 aromatic rings. The van der Waals surface area contributed by atoms with Crippen LogP contribution in [0, 0.1) is 24.7 Å². The molecular formula is C18H22N2. The summed E-state index contributed by atoms with van der Waals surface area (Å²) < 4.78 is 2.24. The van der Waals surface area contributed by atoms with Crippen LogP contribution in [-0.2, 0) is 5.41 Å². The van der Waals surface area contributed by atoms with Crippen LogP contribution in [0.3, 0.4) is 0 Å². The highest BCUT2D eigenvalue weighted by Crippen LogP contribution is 2.60. The average molecular weight is 266 g/mol. The Balaban J connectivity index is 1.63. The Morgan fingerprint density at radius 2 is 1.65 bits per heavy atom. The largest absolute Gasteiger partial charge is 0.307 e. The molecule has 0 N–H and O–H groups in total. The van der Waals surface area contributed by atoms with Crippen molar-refractivity contribution < 1.29 is 0 Å². The molecule has 2 aromatic heterocycles. The van der Waals surface area contributed by atoms with Crippen molar-refractivity contribution in [1.29, 1.82) is 0 Å². The molecule has 6 rings (SSSR count). The lowest BCUT2D eigenvalue weighted by atomic mass is 9.49. The van der Waals surface area contributed by atoms with Crippen molar-refractivity contribution in [1.82, 2.24) is 9.38 Å². The Labute approximate surface area is 120 Å². The summed E-state index contributed by atoms with van der Waals surface area (Å²) in [5, 5.41) is 0. The zero-order valence-corrected chi connectivity index (χ0v) is 12.2. The van der Waals surface area contributed by atoms with Gasteiger partial charge in [-0.2, -0.15) is 0 Å². The maximum atomic E-state index is 5.01. The monoisotopic (exact) mass is 266 g/mol. The van der Waals surface area contributed by atoms with E-state index in [1.807, 2.05) is 0 Å². The predicted molar refractivity (Wildman–Crippen MR) is 79.8 cm³/mol. The minimum absolute atomic E-state index is 0.425. The van der Waals surface area contributed by atoms with E-state index < -0.39 is 0 Å². The number of aryl methyl sites for hydroxylation is 1. The fourth-order valence-corrected chi connectivity index (χ4v) is 5.78. The first-order chi connectivity index (χ1) is 9.70. The number of hydrogen-bond acceptors (Lipinski definition) is 1. The summed E-state index contributed by atoms with van der Waals surface area (Å²) in [4.78, 5) is 5.01. The number of nitrogens with zero attached hydrogens (tertiary/aromatic N) is 2. The molecule has 0 spiro atoms. The van der Waals surface area contributed by atoms with Gasteiger partial charge >= 0.3 is 0 Å². The second-order valence-electron chi connectivity index (χ2n) is 7.80. The van der Waals surface area contributed by atoms with Gasteiger partial charge in [0.1, 0.15) is 5.65 Å². The molecule has 4 aliphatic rings. The van der Waals surface area contributed by atoms with Gasteiger partial charge in [0, 0.05) is 17.8 Å². The van der Waals surface area contributed by atoms with Gasteiger partial charge in [0.25, 0.3) is 0 Å². The van der Waals surface area contributed by atoms with Gasteiger partial charge in [-0.05, 0) is 74.8 Å². The maximum absolute atomic E-state index is 5.01. The van der Waals surface area contributed by atoms with Crippen LogP contribution in [0.25, 0.3) is 5.65 Å². The van der Waals surface area contributed by atoms with Gasteiger partial charge in [-0.15, -0.1) is 0 Å². The van der Waals surface area contributed by atoms with Crippen LogP contribution in [0.5, 0.6) is 0 Å². The average Bonchev–Trinajstić information content (AvgIpc) is 2.80. The summed E-state index contributed by atoms with van der Waals surface area (Å²) in [5.41, 5.74) is 4.25. The molecule has 0 radical (unpaired) electrons. The van der Waals surface area contributed by atoms with Crippen LogP contribution in [0.1, 0.15) is 49.8 Å². The normalized spacial score (nSPS) is 38.8. The van der Waals surface area contributed by atoms with E-state index in [4.69, 9.17) is 4.98 Å². The van der Waals surface area contributed by atoms with Gasteiger partial charge in [0.2, 0.25) is 0 Å². The number of pyridine rings is 1. The number of aromatic nitrogens is 2. The van der Waals surface area contributed by atoms with Gasteiger partial charge in [-0.1, -0.05) is 6.07 Å². The highest BCUT2D eigenvalue weighted by molar-refractivity contribution is 5.43. The van der Waals surface area contributed by atoms with E-state index in [1.165, 1.54) is 49.8 Å². The first-order valence-electron chi connectivity index (χ1n) is 8.16. The molecule has 4 fully saturated rings. The molecule has 2 heterocycles. The van der Waals surface area contributed by atoms with Gasteiger partial charge in [0.05, 0.1) is 5.69 Å². The van der Waals surface area contributed by atoms with E-state index in [1.54, 1.807) is 0 Å². The number of fused-ring (bicyclic) bond motifs is 1. The Kier molecular flexibility index (Phi) is 2.08. The highest BCUT2D eigenvalue weighted by atomic mass is 15.0. The molecule has 0 atom stereocenters. The molecule has 20 heavy (non-hydrogen) atoms. The molecule has 0 aliphatic heterocycles. The Hall–Kier alpha value is -1.31. The molecule has 0 unspecified atom stereocenters. The third-order valence-electron chi connectivity index (χ3n) is 6.18. The van der Waals surface area contributed by atoms with Crippen LogP contribution in [0.4, 0.5) is 0 Å². The molecule has 2 heteroatoms. The topological polar surface area (TPSA) is 17.3 Å². The van der Waals surface area contributed by atoms with Crippen molar-refractivity contribution in [3.63, 3.8) is 0 Å². The quantitative estimate of drug-likeness (QED) is 0.759. The van der Waals surface area contributed by atoms with Crippen molar-refractivity contribution >= 4 is 5.65 Å². The molecule has 2 nitrogen and oxygen atoms in total. The van der Waals surface area contributed by atoms with E-state index in [0.717, 1.165) is 23.4 Å². The summed E-state index contributed by atoms with van der Waals surface area (Å²) in [7, 11) is 0. The minimum Gasteiger partial charge on any atom is -0.307 e. The zero-order chi connectivity index (χ0) is 13.3. The third kappa shape index (κ3) is 1.48. The SMILES string of the molecule is Cc1ccc2nc(C34CC5CC(CC(C5)C3)C4)cn2c1. The lowest BCUT2D eigenvalue weighted by Gasteiger charge is -2.56.